The van der Waals surface area contributed by atoms with E-state index in [2.05, 4.69) is 0 Å². The monoisotopic (exact) mass is 393 g/mol. The molecule has 1 fully saturated rings. The molecule has 1 aliphatic heterocycles. The van der Waals surface area contributed by atoms with E-state index in [0.717, 1.165) is 0 Å². The normalized spacial score (nSPS) is 15.3. The maximum Gasteiger partial charge on any atom is 0.409 e. The third-order valence-corrected chi connectivity index (χ3v) is 4.04. The second kappa shape index (κ2) is 6.47. The van der Waals surface area contributed by atoms with Crippen LogP contribution in [0.1, 0.15) is 6.92 Å². The van der Waals surface area contributed by atoms with Crippen LogP contribution in [-0.4, -0.2) is 43.8 Å². The number of nitrogen functional groups attached to an aromatic ring is 1. The molecule has 0 unspecified atom stereocenters. The van der Waals surface area contributed by atoms with E-state index in [4.69, 9.17) is 10.5 Å². The fourth-order valence-corrected chi connectivity index (χ4v) is 2.66. The van der Waals surface area contributed by atoms with Crippen LogP contribution in [0.4, 0.5) is 20.6 Å². The Morgan fingerprint density at radius 1 is 1.40 bits per heavy atom. The van der Waals surface area contributed by atoms with Gasteiger partial charge in [-0.05, 0) is 35.6 Å². The number of nitrogens with two attached hydrogens (primary N) is 1. The molecule has 0 bridgehead atoms. The molecule has 1 amide bonds. The molecule has 0 aromatic heterocycles. The molecule has 110 valence electrons. The average molecular weight is 393 g/mol. The van der Waals surface area contributed by atoms with E-state index in [-0.39, 0.29) is 11.9 Å². The number of ether oxygens (including phenoxy) is 1. The zero-order chi connectivity index (χ0) is 14.7. The van der Waals surface area contributed by atoms with Gasteiger partial charge in [-0.3, -0.25) is 0 Å². The first-order valence-electron chi connectivity index (χ1n) is 6.44. The van der Waals surface area contributed by atoms with Crippen molar-refractivity contribution >= 4 is 40.1 Å². The van der Waals surface area contributed by atoms with E-state index in [1.807, 2.05) is 27.5 Å². The molecular weight excluding hydrogens is 376 g/mol. The van der Waals surface area contributed by atoms with Crippen LogP contribution < -0.4 is 10.6 Å². The summed E-state index contributed by atoms with van der Waals surface area (Å²) in [6.45, 7) is 4.47. The highest BCUT2D eigenvalue weighted by molar-refractivity contribution is 14.1. The van der Waals surface area contributed by atoms with Crippen molar-refractivity contribution < 1.29 is 13.9 Å². The van der Waals surface area contributed by atoms with Crippen molar-refractivity contribution in [3.05, 3.63) is 21.5 Å². The van der Waals surface area contributed by atoms with Crippen molar-refractivity contribution in [3.8, 4) is 0 Å². The molecule has 5 nitrogen and oxygen atoms in total. The summed E-state index contributed by atoms with van der Waals surface area (Å²) in [7, 11) is 0. The van der Waals surface area contributed by atoms with E-state index in [1.165, 1.54) is 6.07 Å². The van der Waals surface area contributed by atoms with Crippen molar-refractivity contribution in [2.45, 2.75) is 6.92 Å². The zero-order valence-electron chi connectivity index (χ0n) is 11.2. The molecule has 1 heterocycles. The Balaban J connectivity index is 2.04. The molecule has 2 rings (SSSR count). The third-order valence-electron chi connectivity index (χ3n) is 3.22. The van der Waals surface area contributed by atoms with Gasteiger partial charge in [-0.15, -0.1) is 0 Å². The highest BCUT2D eigenvalue weighted by atomic mass is 127. The Kier molecular flexibility index (Phi) is 4.90. The molecule has 1 aliphatic rings. The minimum atomic E-state index is -0.297. The number of piperazine rings is 1. The number of carbonyl (C=O) groups excluding carboxylic acids is 1. The van der Waals surface area contributed by atoms with Crippen LogP contribution in [0.15, 0.2) is 12.1 Å². The van der Waals surface area contributed by atoms with E-state index >= 15 is 0 Å². The Bertz CT molecular complexity index is 505. The van der Waals surface area contributed by atoms with Crippen molar-refractivity contribution in [1.82, 2.24) is 4.90 Å². The number of carbonyl (C=O) groups is 1. The largest absolute Gasteiger partial charge is 0.450 e. The average Bonchev–Trinajstić information content (AvgIpc) is 2.43. The molecule has 2 N–H and O–H groups in total. The van der Waals surface area contributed by atoms with E-state index in [1.54, 1.807) is 17.9 Å². The quantitative estimate of drug-likeness (QED) is 0.619. The van der Waals surface area contributed by atoms with Gasteiger partial charge in [0.25, 0.3) is 0 Å². The van der Waals surface area contributed by atoms with Crippen molar-refractivity contribution in [2.24, 2.45) is 0 Å². The predicted octanol–water partition coefficient (Wildman–Crippen LogP) is 2.29. The summed E-state index contributed by atoms with van der Waals surface area (Å²) in [5.41, 5.74) is 7.19. The molecule has 0 radical (unpaired) electrons. The summed E-state index contributed by atoms with van der Waals surface area (Å²) in [4.78, 5) is 15.2. The third kappa shape index (κ3) is 3.25. The van der Waals surface area contributed by atoms with Gasteiger partial charge < -0.3 is 20.3 Å². The maximum atomic E-state index is 13.6. The molecule has 0 saturated carbocycles. The molecule has 7 heteroatoms. The SMILES string of the molecule is CCOC(=O)N1CCN(c2cc(F)c(I)cc2N)CC1. The lowest BCUT2D eigenvalue weighted by Gasteiger charge is -2.36. The summed E-state index contributed by atoms with van der Waals surface area (Å²) in [6.07, 6.45) is -0.297. The van der Waals surface area contributed by atoms with Crippen LogP contribution in [0.3, 0.4) is 0 Å². The molecule has 1 aromatic rings. The van der Waals surface area contributed by atoms with Gasteiger partial charge in [0, 0.05) is 32.2 Å². The molecule has 20 heavy (non-hydrogen) atoms. The lowest BCUT2D eigenvalue weighted by Crippen LogP contribution is -2.49. The van der Waals surface area contributed by atoms with Gasteiger partial charge in [0.15, 0.2) is 0 Å². The van der Waals surface area contributed by atoms with Crippen molar-refractivity contribution in [2.75, 3.05) is 43.4 Å². The molecule has 1 aromatic carbocycles. The number of nitrogens with zero attached hydrogens (tertiary/aromatic N) is 2. The maximum absolute atomic E-state index is 13.6. The minimum Gasteiger partial charge on any atom is -0.450 e. The number of rotatable bonds is 2. The van der Waals surface area contributed by atoms with E-state index in [0.29, 0.717) is 47.7 Å². The van der Waals surface area contributed by atoms with Crippen LogP contribution in [0.25, 0.3) is 0 Å². The topological polar surface area (TPSA) is 58.8 Å². The Morgan fingerprint density at radius 2 is 2.05 bits per heavy atom. The first-order chi connectivity index (χ1) is 9.52. The zero-order valence-corrected chi connectivity index (χ0v) is 13.4. The van der Waals surface area contributed by atoms with Gasteiger partial charge in [0.2, 0.25) is 0 Å². The first-order valence-corrected chi connectivity index (χ1v) is 7.52. The lowest BCUT2D eigenvalue weighted by molar-refractivity contribution is 0.105. The summed E-state index contributed by atoms with van der Waals surface area (Å²) < 4.78 is 19.1. The van der Waals surface area contributed by atoms with Gasteiger partial charge in [0.1, 0.15) is 5.82 Å². The highest BCUT2D eigenvalue weighted by Gasteiger charge is 2.23. The number of benzene rings is 1. The fraction of sp³-hybridized carbons (Fsp3) is 0.462. The minimum absolute atomic E-state index is 0.275. The Morgan fingerprint density at radius 3 is 2.65 bits per heavy atom. The Labute approximate surface area is 131 Å². The number of hydrogen-bond acceptors (Lipinski definition) is 4. The van der Waals surface area contributed by atoms with Gasteiger partial charge in [0.05, 0.1) is 21.6 Å². The molecule has 0 spiro atoms. The van der Waals surface area contributed by atoms with Crippen molar-refractivity contribution in [1.29, 1.82) is 0 Å². The van der Waals surface area contributed by atoms with Crippen LogP contribution in [-0.2, 0) is 4.74 Å². The fourth-order valence-electron chi connectivity index (χ4n) is 2.17. The number of anilines is 2. The predicted molar refractivity (Wildman–Crippen MR) is 84.3 cm³/mol. The second-order valence-electron chi connectivity index (χ2n) is 4.50. The highest BCUT2D eigenvalue weighted by Crippen LogP contribution is 2.28. The molecule has 0 aliphatic carbocycles. The van der Waals surface area contributed by atoms with E-state index in [9.17, 15) is 9.18 Å². The van der Waals surface area contributed by atoms with Crippen LogP contribution >= 0.6 is 22.6 Å². The molecular formula is C13H17FIN3O2. The Hall–Kier alpha value is -1.25. The number of amides is 1. The van der Waals surface area contributed by atoms with Crippen LogP contribution in [0.2, 0.25) is 0 Å². The van der Waals surface area contributed by atoms with Crippen LogP contribution in [0, 0.1) is 9.39 Å². The van der Waals surface area contributed by atoms with Gasteiger partial charge in [-0.1, -0.05) is 0 Å². The summed E-state index contributed by atoms with van der Waals surface area (Å²) in [6, 6.07) is 3.08. The first kappa shape index (κ1) is 15.1. The summed E-state index contributed by atoms with van der Waals surface area (Å²) >= 11 is 1.92. The van der Waals surface area contributed by atoms with Crippen LogP contribution in [0.5, 0.6) is 0 Å². The summed E-state index contributed by atoms with van der Waals surface area (Å²) in [5, 5.41) is 0. The summed E-state index contributed by atoms with van der Waals surface area (Å²) in [5.74, 6) is -0.275. The lowest BCUT2D eigenvalue weighted by atomic mass is 10.2. The van der Waals surface area contributed by atoms with Crippen molar-refractivity contribution in [3.63, 3.8) is 0 Å². The number of hydrogen-bond donors (Lipinski definition) is 1. The molecule has 0 atom stereocenters. The second-order valence-corrected chi connectivity index (χ2v) is 5.66. The standard InChI is InChI=1S/C13H17FIN3O2/c1-2-20-13(19)18-5-3-17(4-6-18)12-7-9(14)10(15)8-11(12)16/h7-8H,2-6,16H2,1H3. The van der Waals surface area contributed by atoms with E-state index < -0.39 is 0 Å². The molecule has 1 saturated heterocycles. The smallest absolute Gasteiger partial charge is 0.409 e. The van der Waals surface area contributed by atoms with Gasteiger partial charge in [-0.2, -0.15) is 0 Å². The van der Waals surface area contributed by atoms with Gasteiger partial charge >= 0.3 is 6.09 Å². The number of halogens is 2. The van der Waals surface area contributed by atoms with Gasteiger partial charge in [-0.25, -0.2) is 9.18 Å².